The zero-order chi connectivity index (χ0) is 10.7. The third-order valence-corrected chi connectivity index (χ3v) is 3.61. The van der Waals surface area contributed by atoms with Crippen LogP contribution in [0, 0.1) is 5.41 Å². The maximum atomic E-state index is 11.7. The minimum absolute atomic E-state index is 0.0319. The van der Waals surface area contributed by atoms with E-state index >= 15 is 0 Å². The van der Waals surface area contributed by atoms with Gasteiger partial charge < -0.3 is 0 Å². The summed E-state index contributed by atoms with van der Waals surface area (Å²) in [6, 6.07) is 10.4. The van der Waals surface area contributed by atoms with Gasteiger partial charge >= 0.3 is 0 Å². The predicted octanol–water partition coefficient (Wildman–Crippen LogP) is 3.38. The highest BCUT2D eigenvalue weighted by atomic mass is 16.1. The molecule has 1 saturated carbocycles. The Morgan fingerprint density at radius 3 is 2.60 bits per heavy atom. The van der Waals surface area contributed by atoms with E-state index in [0.29, 0.717) is 5.78 Å². The summed E-state index contributed by atoms with van der Waals surface area (Å²) >= 11 is 0. The molecule has 80 valence electrons. The summed E-state index contributed by atoms with van der Waals surface area (Å²) in [7, 11) is 0. The fourth-order valence-corrected chi connectivity index (χ4v) is 2.41. The van der Waals surface area contributed by atoms with Crippen LogP contribution in [0.1, 0.15) is 38.2 Å². The van der Waals surface area contributed by atoms with Crippen LogP contribution < -0.4 is 0 Å². The van der Waals surface area contributed by atoms with Crippen molar-refractivity contribution in [1.82, 2.24) is 0 Å². The van der Waals surface area contributed by atoms with Gasteiger partial charge in [-0.25, -0.2) is 0 Å². The lowest BCUT2D eigenvalue weighted by Gasteiger charge is -2.21. The Morgan fingerprint density at radius 1 is 1.27 bits per heavy atom. The van der Waals surface area contributed by atoms with Gasteiger partial charge in [0.1, 0.15) is 5.78 Å². The lowest BCUT2D eigenvalue weighted by Crippen LogP contribution is -2.22. The van der Waals surface area contributed by atoms with Gasteiger partial charge in [-0.1, -0.05) is 37.3 Å². The summed E-state index contributed by atoms with van der Waals surface area (Å²) in [5.41, 5.74) is 1.31. The molecule has 1 aliphatic rings. The van der Waals surface area contributed by atoms with Crippen molar-refractivity contribution in [2.45, 2.75) is 39.0 Å². The van der Waals surface area contributed by atoms with Crippen LogP contribution in [0.25, 0.3) is 0 Å². The Hall–Kier alpha value is -1.11. The second-order valence-corrected chi connectivity index (χ2v) is 4.82. The first-order valence-corrected chi connectivity index (χ1v) is 5.78. The SMILES string of the molecule is C[C@@]1(CCc2ccccc2)CCCC1=O. The summed E-state index contributed by atoms with van der Waals surface area (Å²) in [6.45, 7) is 2.13. The second-order valence-electron chi connectivity index (χ2n) is 4.82. The van der Waals surface area contributed by atoms with Gasteiger partial charge in [0, 0.05) is 11.8 Å². The monoisotopic (exact) mass is 202 g/mol. The van der Waals surface area contributed by atoms with Crippen molar-refractivity contribution in [1.29, 1.82) is 0 Å². The molecule has 15 heavy (non-hydrogen) atoms. The van der Waals surface area contributed by atoms with Crippen molar-refractivity contribution in [3.05, 3.63) is 35.9 Å². The Bertz CT molecular complexity index is 342. The van der Waals surface area contributed by atoms with E-state index in [9.17, 15) is 4.79 Å². The molecule has 1 nitrogen and oxygen atoms in total. The topological polar surface area (TPSA) is 17.1 Å². The van der Waals surface area contributed by atoms with Crippen LogP contribution in [0.3, 0.4) is 0 Å². The fraction of sp³-hybridized carbons (Fsp3) is 0.500. The molecule has 1 heteroatoms. The van der Waals surface area contributed by atoms with Crippen molar-refractivity contribution in [2.24, 2.45) is 5.41 Å². The molecular formula is C14H18O. The maximum Gasteiger partial charge on any atom is 0.138 e. The molecule has 0 aliphatic heterocycles. The molecular weight excluding hydrogens is 184 g/mol. The average Bonchev–Trinajstić information content (AvgIpc) is 2.59. The zero-order valence-electron chi connectivity index (χ0n) is 9.33. The molecule has 0 bridgehead atoms. The third-order valence-electron chi connectivity index (χ3n) is 3.61. The molecule has 1 aromatic rings. The smallest absolute Gasteiger partial charge is 0.138 e. The summed E-state index contributed by atoms with van der Waals surface area (Å²) in [6.07, 6.45) is 5.01. The second kappa shape index (κ2) is 4.18. The standard InChI is InChI=1S/C14H18O/c1-14(10-5-8-13(14)15)11-9-12-6-3-2-4-7-12/h2-4,6-7H,5,8-11H2,1H3/t14-/m0/s1. The van der Waals surface area contributed by atoms with E-state index < -0.39 is 0 Å². The fourth-order valence-electron chi connectivity index (χ4n) is 2.41. The van der Waals surface area contributed by atoms with Crippen LogP contribution in [0.4, 0.5) is 0 Å². The van der Waals surface area contributed by atoms with Crippen LogP contribution in [0.15, 0.2) is 30.3 Å². The molecule has 0 amide bonds. The summed E-state index contributed by atoms with van der Waals surface area (Å²) in [4.78, 5) is 11.7. The van der Waals surface area contributed by atoms with E-state index in [2.05, 4.69) is 31.2 Å². The molecule has 0 spiro atoms. The first-order chi connectivity index (χ1) is 7.21. The van der Waals surface area contributed by atoms with Crippen LogP contribution >= 0.6 is 0 Å². The van der Waals surface area contributed by atoms with Crippen molar-refractivity contribution >= 4 is 5.78 Å². The number of Topliss-reactive ketones (excluding diaryl/α,β-unsaturated/α-hetero) is 1. The normalized spacial score (nSPS) is 25.8. The van der Waals surface area contributed by atoms with E-state index in [1.807, 2.05) is 6.07 Å². The highest BCUT2D eigenvalue weighted by molar-refractivity contribution is 5.86. The molecule has 0 heterocycles. The number of benzene rings is 1. The van der Waals surface area contributed by atoms with Crippen LogP contribution in [-0.2, 0) is 11.2 Å². The predicted molar refractivity (Wildman–Crippen MR) is 61.7 cm³/mol. The number of hydrogen-bond acceptors (Lipinski definition) is 1. The number of carbonyl (C=O) groups is 1. The Labute approximate surface area is 91.5 Å². The number of rotatable bonds is 3. The number of ketones is 1. The van der Waals surface area contributed by atoms with Gasteiger partial charge in [0.25, 0.3) is 0 Å². The maximum absolute atomic E-state index is 11.7. The lowest BCUT2D eigenvalue weighted by atomic mass is 9.82. The first kappa shape index (κ1) is 10.4. The largest absolute Gasteiger partial charge is 0.299 e. The lowest BCUT2D eigenvalue weighted by molar-refractivity contribution is -0.125. The van der Waals surface area contributed by atoms with Gasteiger partial charge in [-0.2, -0.15) is 0 Å². The number of aryl methyl sites for hydroxylation is 1. The third kappa shape index (κ3) is 2.28. The molecule has 0 saturated heterocycles. The number of carbonyl (C=O) groups excluding carboxylic acids is 1. The molecule has 0 unspecified atom stereocenters. The van der Waals surface area contributed by atoms with E-state index in [1.54, 1.807) is 0 Å². The van der Waals surface area contributed by atoms with E-state index in [1.165, 1.54) is 5.56 Å². The quantitative estimate of drug-likeness (QED) is 0.734. The molecule has 0 N–H and O–H groups in total. The molecule has 2 rings (SSSR count). The summed E-state index contributed by atoms with van der Waals surface area (Å²) < 4.78 is 0. The van der Waals surface area contributed by atoms with Crippen molar-refractivity contribution in [3.8, 4) is 0 Å². The molecule has 0 radical (unpaired) electrons. The van der Waals surface area contributed by atoms with Gasteiger partial charge in [-0.15, -0.1) is 0 Å². The highest BCUT2D eigenvalue weighted by Gasteiger charge is 2.36. The molecule has 1 atom stereocenters. The molecule has 0 aromatic heterocycles. The van der Waals surface area contributed by atoms with Crippen molar-refractivity contribution in [3.63, 3.8) is 0 Å². The molecule has 1 aromatic carbocycles. The minimum atomic E-state index is -0.0319. The Kier molecular flexibility index (Phi) is 2.90. The van der Waals surface area contributed by atoms with Gasteiger partial charge in [-0.05, 0) is 31.2 Å². The highest BCUT2D eigenvalue weighted by Crippen LogP contribution is 2.38. The minimum Gasteiger partial charge on any atom is -0.299 e. The molecule has 1 fully saturated rings. The van der Waals surface area contributed by atoms with Crippen LogP contribution in [0.2, 0.25) is 0 Å². The van der Waals surface area contributed by atoms with Crippen molar-refractivity contribution in [2.75, 3.05) is 0 Å². The van der Waals surface area contributed by atoms with E-state index in [0.717, 1.165) is 32.1 Å². The summed E-state index contributed by atoms with van der Waals surface area (Å²) in [5, 5.41) is 0. The summed E-state index contributed by atoms with van der Waals surface area (Å²) in [5.74, 6) is 0.471. The Morgan fingerprint density at radius 2 is 2.00 bits per heavy atom. The van der Waals surface area contributed by atoms with Crippen LogP contribution in [-0.4, -0.2) is 5.78 Å². The average molecular weight is 202 g/mol. The van der Waals surface area contributed by atoms with Crippen LogP contribution in [0.5, 0.6) is 0 Å². The first-order valence-electron chi connectivity index (χ1n) is 5.78. The zero-order valence-corrected chi connectivity index (χ0v) is 9.33. The van der Waals surface area contributed by atoms with Crippen molar-refractivity contribution < 1.29 is 4.79 Å². The van der Waals surface area contributed by atoms with E-state index in [4.69, 9.17) is 0 Å². The van der Waals surface area contributed by atoms with Gasteiger partial charge in [-0.3, -0.25) is 4.79 Å². The number of hydrogen-bond donors (Lipinski definition) is 0. The van der Waals surface area contributed by atoms with Gasteiger partial charge in [0.2, 0.25) is 0 Å². The molecule has 1 aliphatic carbocycles. The van der Waals surface area contributed by atoms with E-state index in [-0.39, 0.29) is 5.41 Å². The van der Waals surface area contributed by atoms with Gasteiger partial charge in [0.05, 0.1) is 0 Å². The van der Waals surface area contributed by atoms with Gasteiger partial charge in [0.15, 0.2) is 0 Å². The Balaban J connectivity index is 1.96.